The molecule has 1 saturated carbocycles. The predicted molar refractivity (Wildman–Crippen MR) is 59.4 cm³/mol. The molecule has 1 aromatic heterocycles. The van der Waals surface area contributed by atoms with Gasteiger partial charge in [-0.1, -0.05) is 13.3 Å². The summed E-state index contributed by atoms with van der Waals surface area (Å²) in [5, 5.41) is 12.2. The fourth-order valence-corrected chi connectivity index (χ4v) is 1.99. The van der Waals surface area contributed by atoms with Crippen molar-refractivity contribution in [3.05, 3.63) is 23.2 Å². The quantitative estimate of drug-likeness (QED) is 0.803. The van der Waals surface area contributed by atoms with Gasteiger partial charge in [0.25, 0.3) is 0 Å². The van der Waals surface area contributed by atoms with Gasteiger partial charge in [-0.15, -0.1) is 0 Å². The van der Waals surface area contributed by atoms with Crippen molar-refractivity contribution in [3.8, 4) is 0 Å². The molecule has 0 bridgehead atoms. The summed E-state index contributed by atoms with van der Waals surface area (Å²) < 4.78 is 5.14. The van der Waals surface area contributed by atoms with Crippen LogP contribution in [0.25, 0.3) is 0 Å². The van der Waals surface area contributed by atoms with Crippen LogP contribution in [0.4, 0.5) is 0 Å². The number of hydrogen-bond donors (Lipinski definition) is 2. The first-order chi connectivity index (χ1) is 7.61. The van der Waals surface area contributed by atoms with Gasteiger partial charge in [0, 0.05) is 18.2 Å². The van der Waals surface area contributed by atoms with E-state index in [0.29, 0.717) is 18.3 Å². The Morgan fingerprint density at radius 1 is 1.69 bits per heavy atom. The topological polar surface area (TPSA) is 62.5 Å². The number of carboxylic acid groups (broad SMARTS) is 1. The fraction of sp³-hybridized carbons (Fsp3) is 0.583. The first kappa shape index (κ1) is 11.2. The summed E-state index contributed by atoms with van der Waals surface area (Å²) >= 11 is 0. The minimum absolute atomic E-state index is 0.0251. The lowest BCUT2D eigenvalue weighted by molar-refractivity contribution is 0.0661. The molecule has 1 aliphatic rings. The Morgan fingerprint density at radius 2 is 2.44 bits per heavy atom. The zero-order valence-electron chi connectivity index (χ0n) is 9.62. The van der Waals surface area contributed by atoms with Crippen molar-refractivity contribution in [2.24, 2.45) is 5.92 Å². The standard InChI is InChI=1S/C12H17NO3/c1-3-8-4-10(8)13-6-9-5-11(12(14)15)16-7(9)2/h5,8,10,13H,3-4,6H2,1-2H3,(H,14,15). The third-order valence-electron chi connectivity index (χ3n) is 3.23. The highest BCUT2D eigenvalue weighted by Gasteiger charge is 2.34. The summed E-state index contributed by atoms with van der Waals surface area (Å²) in [5.41, 5.74) is 0.944. The van der Waals surface area contributed by atoms with E-state index >= 15 is 0 Å². The average Bonchev–Trinajstić information content (AvgIpc) is 2.91. The number of nitrogens with one attached hydrogen (secondary N) is 1. The van der Waals surface area contributed by atoms with Gasteiger partial charge in [0.1, 0.15) is 5.76 Å². The molecule has 88 valence electrons. The maximum Gasteiger partial charge on any atom is 0.371 e. The van der Waals surface area contributed by atoms with Crippen LogP contribution < -0.4 is 5.32 Å². The van der Waals surface area contributed by atoms with Gasteiger partial charge in [0.2, 0.25) is 5.76 Å². The summed E-state index contributed by atoms with van der Waals surface area (Å²) in [5.74, 6) is 0.508. The van der Waals surface area contributed by atoms with Crippen molar-refractivity contribution in [3.63, 3.8) is 0 Å². The minimum Gasteiger partial charge on any atom is -0.475 e. The van der Waals surface area contributed by atoms with Gasteiger partial charge in [0.15, 0.2) is 0 Å². The van der Waals surface area contributed by atoms with Crippen molar-refractivity contribution in [1.82, 2.24) is 5.32 Å². The normalized spacial score (nSPS) is 23.4. The Bertz CT molecular complexity index is 397. The van der Waals surface area contributed by atoms with Crippen LogP contribution >= 0.6 is 0 Å². The Morgan fingerprint density at radius 3 is 2.94 bits per heavy atom. The van der Waals surface area contributed by atoms with Crippen LogP contribution in [0.15, 0.2) is 10.5 Å². The molecule has 0 saturated heterocycles. The van der Waals surface area contributed by atoms with Crippen molar-refractivity contribution in [1.29, 1.82) is 0 Å². The highest BCUT2D eigenvalue weighted by molar-refractivity contribution is 5.84. The van der Waals surface area contributed by atoms with E-state index in [1.165, 1.54) is 12.8 Å². The molecule has 1 aromatic rings. The molecule has 1 heterocycles. The second kappa shape index (κ2) is 4.29. The van der Waals surface area contributed by atoms with E-state index in [1.807, 2.05) is 0 Å². The molecule has 4 nitrogen and oxygen atoms in total. The fourth-order valence-electron chi connectivity index (χ4n) is 1.99. The minimum atomic E-state index is -1.01. The molecule has 0 aromatic carbocycles. The zero-order chi connectivity index (χ0) is 11.7. The van der Waals surface area contributed by atoms with Crippen molar-refractivity contribution in [2.45, 2.75) is 39.3 Å². The van der Waals surface area contributed by atoms with E-state index in [0.717, 1.165) is 11.5 Å². The van der Waals surface area contributed by atoms with Gasteiger partial charge in [-0.3, -0.25) is 0 Å². The van der Waals surface area contributed by atoms with E-state index < -0.39 is 5.97 Å². The lowest BCUT2D eigenvalue weighted by Gasteiger charge is -2.01. The Hall–Kier alpha value is -1.29. The highest BCUT2D eigenvalue weighted by atomic mass is 16.4. The lowest BCUT2D eigenvalue weighted by Crippen LogP contribution is -2.17. The van der Waals surface area contributed by atoms with Gasteiger partial charge in [-0.25, -0.2) is 4.79 Å². The van der Waals surface area contributed by atoms with Gasteiger partial charge in [0.05, 0.1) is 0 Å². The van der Waals surface area contributed by atoms with Crippen LogP contribution in [-0.4, -0.2) is 17.1 Å². The number of hydrogen-bond acceptors (Lipinski definition) is 3. The number of aromatic carboxylic acids is 1. The van der Waals surface area contributed by atoms with Crippen molar-refractivity contribution in [2.75, 3.05) is 0 Å². The number of carboxylic acids is 1. The molecule has 0 aliphatic heterocycles. The van der Waals surface area contributed by atoms with E-state index in [1.54, 1.807) is 13.0 Å². The summed E-state index contributed by atoms with van der Waals surface area (Å²) in [7, 11) is 0. The molecule has 1 fully saturated rings. The number of rotatable bonds is 5. The summed E-state index contributed by atoms with van der Waals surface area (Å²) in [6, 6.07) is 2.21. The summed E-state index contributed by atoms with van der Waals surface area (Å²) in [6.07, 6.45) is 2.45. The van der Waals surface area contributed by atoms with E-state index in [2.05, 4.69) is 12.2 Å². The van der Waals surface area contributed by atoms with Crippen molar-refractivity contribution < 1.29 is 14.3 Å². The van der Waals surface area contributed by atoms with E-state index in [-0.39, 0.29) is 5.76 Å². The second-order valence-corrected chi connectivity index (χ2v) is 4.39. The molecule has 2 N–H and O–H groups in total. The third-order valence-corrected chi connectivity index (χ3v) is 3.23. The lowest BCUT2D eigenvalue weighted by atomic mass is 10.2. The van der Waals surface area contributed by atoms with Crippen LogP contribution in [0, 0.1) is 12.8 Å². The smallest absolute Gasteiger partial charge is 0.371 e. The number of carbonyl (C=O) groups is 1. The number of aryl methyl sites for hydroxylation is 1. The Labute approximate surface area is 94.6 Å². The maximum absolute atomic E-state index is 10.7. The third kappa shape index (κ3) is 2.27. The monoisotopic (exact) mass is 223 g/mol. The molecular weight excluding hydrogens is 206 g/mol. The summed E-state index contributed by atoms with van der Waals surface area (Å²) in [6.45, 7) is 4.69. The van der Waals surface area contributed by atoms with Crippen LogP contribution in [0.3, 0.4) is 0 Å². The van der Waals surface area contributed by atoms with Gasteiger partial charge < -0.3 is 14.8 Å². The molecule has 1 aliphatic carbocycles. The Balaban J connectivity index is 1.92. The SMILES string of the molecule is CCC1CC1NCc1cc(C(=O)O)oc1C. The first-order valence-electron chi connectivity index (χ1n) is 5.67. The largest absolute Gasteiger partial charge is 0.475 e. The maximum atomic E-state index is 10.7. The summed E-state index contributed by atoms with van der Waals surface area (Å²) in [4.78, 5) is 10.7. The molecule has 0 radical (unpaired) electrons. The van der Waals surface area contributed by atoms with Gasteiger partial charge in [-0.05, 0) is 25.3 Å². The molecule has 2 rings (SSSR count). The molecule has 2 unspecified atom stereocenters. The second-order valence-electron chi connectivity index (χ2n) is 4.39. The van der Waals surface area contributed by atoms with E-state index in [9.17, 15) is 4.79 Å². The van der Waals surface area contributed by atoms with E-state index in [4.69, 9.17) is 9.52 Å². The van der Waals surface area contributed by atoms with Crippen LogP contribution in [-0.2, 0) is 6.54 Å². The molecule has 16 heavy (non-hydrogen) atoms. The van der Waals surface area contributed by atoms with Crippen LogP contribution in [0.1, 0.15) is 41.6 Å². The predicted octanol–water partition coefficient (Wildman–Crippen LogP) is 2.17. The first-order valence-corrected chi connectivity index (χ1v) is 5.67. The van der Waals surface area contributed by atoms with Gasteiger partial charge >= 0.3 is 5.97 Å². The Kier molecular flexibility index (Phi) is 3.01. The number of furan rings is 1. The molecule has 2 atom stereocenters. The van der Waals surface area contributed by atoms with Crippen LogP contribution in [0.2, 0.25) is 0 Å². The van der Waals surface area contributed by atoms with Crippen molar-refractivity contribution >= 4 is 5.97 Å². The highest BCUT2D eigenvalue weighted by Crippen LogP contribution is 2.33. The molecule has 0 spiro atoms. The molecular formula is C12H17NO3. The van der Waals surface area contributed by atoms with Crippen LogP contribution in [0.5, 0.6) is 0 Å². The average molecular weight is 223 g/mol. The molecule has 4 heteroatoms. The molecule has 0 amide bonds. The zero-order valence-corrected chi connectivity index (χ0v) is 9.62. The van der Waals surface area contributed by atoms with Gasteiger partial charge in [-0.2, -0.15) is 0 Å².